The standard InChI is InChI=1S/C26H48N6O10/c27-15-3-1-6-18-30(40)23(35)11-9-21(33)28-16-4-2-7-19-31(41)24(36)12-10-22(34)29-17-5-8-20-32(42)25(37)13-14-26(38)39/h40-42H,1-20,27H2,(H,28,33)(H,29,34)(H,38,39). The predicted octanol–water partition coefficient (Wildman–Crippen LogP) is 0.377. The number of hydrogen-bond acceptors (Lipinski definition) is 10. The van der Waals surface area contributed by atoms with Crippen molar-refractivity contribution < 1.29 is 49.5 Å². The topological polar surface area (TPSA) is 243 Å². The summed E-state index contributed by atoms with van der Waals surface area (Å²) in [4.78, 5) is 69.6. The molecule has 0 aromatic carbocycles. The van der Waals surface area contributed by atoms with E-state index in [0.717, 1.165) is 12.8 Å². The van der Waals surface area contributed by atoms with Gasteiger partial charge < -0.3 is 21.5 Å². The first kappa shape index (κ1) is 38.7. The zero-order valence-electron chi connectivity index (χ0n) is 24.3. The van der Waals surface area contributed by atoms with Crippen LogP contribution in [0.2, 0.25) is 0 Å². The molecule has 0 bridgehead atoms. The molecule has 0 aliphatic heterocycles. The second-order valence-electron chi connectivity index (χ2n) is 9.76. The van der Waals surface area contributed by atoms with Crippen LogP contribution in [0.15, 0.2) is 0 Å². The molecule has 0 aromatic heterocycles. The number of nitrogens with two attached hydrogens (primary N) is 1. The lowest BCUT2D eigenvalue weighted by atomic mass is 10.2. The Labute approximate surface area is 246 Å². The molecule has 0 fully saturated rings. The second-order valence-corrected chi connectivity index (χ2v) is 9.76. The van der Waals surface area contributed by atoms with Crippen LogP contribution in [-0.2, 0) is 28.8 Å². The highest BCUT2D eigenvalue weighted by atomic mass is 16.5. The zero-order valence-corrected chi connectivity index (χ0v) is 24.3. The highest BCUT2D eigenvalue weighted by Crippen LogP contribution is 2.03. The van der Waals surface area contributed by atoms with E-state index in [0.29, 0.717) is 66.8 Å². The van der Waals surface area contributed by atoms with E-state index in [1.54, 1.807) is 0 Å². The molecule has 0 aromatic rings. The van der Waals surface area contributed by atoms with Gasteiger partial charge in [0.15, 0.2) is 0 Å². The lowest BCUT2D eigenvalue weighted by Crippen LogP contribution is -2.32. The molecular weight excluding hydrogens is 556 g/mol. The number of carboxylic acids is 1. The van der Waals surface area contributed by atoms with E-state index < -0.39 is 23.7 Å². The number of carboxylic acid groups (broad SMARTS) is 1. The summed E-state index contributed by atoms with van der Waals surface area (Å²) < 4.78 is 0. The first-order chi connectivity index (χ1) is 20.0. The summed E-state index contributed by atoms with van der Waals surface area (Å²) in [5.41, 5.74) is 5.39. The van der Waals surface area contributed by atoms with Crippen LogP contribution in [0.5, 0.6) is 0 Å². The minimum absolute atomic E-state index is 0.000309. The maximum absolute atomic E-state index is 12.0. The summed E-state index contributed by atoms with van der Waals surface area (Å²) in [5.74, 6) is -3.64. The van der Waals surface area contributed by atoms with E-state index >= 15 is 0 Å². The maximum Gasteiger partial charge on any atom is 0.303 e. The first-order valence-corrected chi connectivity index (χ1v) is 14.4. The SMILES string of the molecule is NCCCCCN(O)C(=O)CCC(=O)NCCCCCN(O)C(=O)CCC(=O)NCCCCN(O)C(=O)CCC(=O)O. The summed E-state index contributed by atoms with van der Waals surface area (Å²) in [7, 11) is 0. The number of hydrogen-bond donors (Lipinski definition) is 7. The molecule has 5 amide bonds. The Morgan fingerprint density at radius 2 is 0.857 bits per heavy atom. The average Bonchev–Trinajstić information content (AvgIpc) is 2.96. The second kappa shape index (κ2) is 24.3. The van der Waals surface area contributed by atoms with Gasteiger partial charge in [0, 0.05) is 64.8 Å². The Balaban J connectivity index is 3.81. The fourth-order valence-corrected chi connectivity index (χ4v) is 3.58. The molecule has 0 unspecified atom stereocenters. The number of nitrogens with zero attached hydrogens (tertiary/aromatic N) is 3. The molecule has 0 saturated heterocycles. The number of carbonyl (C=O) groups is 6. The summed E-state index contributed by atoms with van der Waals surface area (Å²) >= 11 is 0. The van der Waals surface area contributed by atoms with Crippen molar-refractivity contribution in [3.63, 3.8) is 0 Å². The molecule has 8 N–H and O–H groups in total. The van der Waals surface area contributed by atoms with Crippen molar-refractivity contribution >= 4 is 35.5 Å². The van der Waals surface area contributed by atoms with Crippen LogP contribution in [0.1, 0.15) is 89.9 Å². The van der Waals surface area contributed by atoms with E-state index in [9.17, 15) is 44.4 Å². The van der Waals surface area contributed by atoms with Crippen molar-refractivity contribution in [2.75, 3.05) is 39.3 Å². The molecular formula is C26H48N6O10. The van der Waals surface area contributed by atoms with Gasteiger partial charge in [-0.3, -0.25) is 44.4 Å². The minimum Gasteiger partial charge on any atom is -0.481 e. The van der Waals surface area contributed by atoms with Crippen LogP contribution < -0.4 is 16.4 Å². The molecule has 0 rings (SSSR count). The predicted molar refractivity (Wildman–Crippen MR) is 148 cm³/mol. The van der Waals surface area contributed by atoms with Gasteiger partial charge >= 0.3 is 5.97 Å². The number of hydroxylamine groups is 6. The third-order valence-electron chi connectivity index (χ3n) is 6.11. The van der Waals surface area contributed by atoms with E-state index in [1.807, 2.05) is 0 Å². The highest BCUT2D eigenvalue weighted by molar-refractivity contribution is 5.84. The Hall–Kier alpha value is -3.34. The summed E-state index contributed by atoms with van der Waals surface area (Å²) in [5, 5.41) is 44.6. The molecule has 0 spiro atoms. The maximum atomic E-state index is 12.0. The smallest absolute Gasteiger partial charge is 0.303 e. The van der Waals surface area contributed by atoms with Gasteiger partial charge in [-0.2, -0.15) is 0 Å². The molecule has 16 nitrogen and oxygen atoms in total. The number of aliphatic carboxylic acids is 1. The molecule has 42 heavy (non-hydrogen) atoms. The van der Waals surface area contributed by atoms with Crippen molar-refractivity contribution in [3.05, 3.63) is 0 Å². The summed E-state index contributed by atoms with van der Waals surface area (Å²) in [6, 6.07) is 0. The third-order valence-corrected chi connectivity index (χ3v) is 6.11. The molecule has 16 heteroatoms. The van der Waals surface area contributed by atoms with E-state index in [4.69, 9.17) is 10.8 Å². The van der Waals surface area contributed by atoms with Gasteiger partial charge in [0.1, 0.15) is 0 Å². The van der Waals surface area contributed by atoms with Crippen molar-refractivity contribution in [3.8, 4) is 0 Å². The Morgan fingerprint density at radius 3 is 1.26 bits per heavy atom. The van der Waals surface area contributed by atoms with Crippen LogP contribution in [0.4, 0.5) is 0 Å². The Kier molecular flexibility index (Phi) is 22.3. The van der Waals surface area contributed by atoms with Gasteiger partial charge in [0.25, 0.3) is 0 Å². The molecule has 0 atom stereocenters. The molecule has 0 aliphatic carbocycles. The molecule has 242 valence electrons. The first-order valence-electron chi connectivity index (χ1n) is 14.4. The molecule has 0 radical (unpaired) electrons. The highest BCUT2D eigenvalue weighted by Gasteiger charge is 2.15. The Morgan fingerprint density at radius 1 is 0.500 bits per heavy atom. The fraction of sp³-hybridized carbons (Fsp3) is 0.769. The van der Waals surface area contributed by atoms with Crippen LogP contribution in [0.3, 0.4) is 0 Å². The van der Waals surface area contributed by atoms with E-state index in [2.05, 4.69) is 10.6 Å². The molecule has 0 saturated carbocycles. The summed E-state index contributed by atoms with van der Waals surface area (Å²) in [6.07, 6.45) is 3.68. The van der Waals surface area contributed by atoms with Gasteiger partial charge in [-0.25, -0.2) is 15.2 Å². The number of carbonyl (C=O) groups excluding carboxylic acids is 5. The van der Waals surface area contributed by atoms with Crippen molar-refractivity contribution in [1.82, 2.24) is 25.8 Å². The number of unbranched alkanes of at least 4 members (excludes halogenated alkanes) is 5. The van der Waals surface area contributed by atoms with Gasteiger partial charge in [0.2, 0.25) is 29.5 Å². The monoisotopic (exact) mass is 604 g/mol. The van der Waals surface area contributed by atoms with E-state index in [-0.39, 0.29) is 76.5 Å². The summed E-state index contributed by atoms with van der Waals surface area (Å²) in [6.45, 7) is 1.46. The van der Waals surface area contributed by atoms with Crippen LogP contribution >= 0.6 is 0 Å². The van der Waals surface area contributed by atoms with Crippen molar-refractivity contribution in [2.45, 2.75) is 89.9 Å². The zero-order chi connectivity index (χ0) is 31.8. The largest absolute Gasteiger partial charge is 0.481 e. The lowest BCUT2D eigenvalue weighted by molar-refractivity contribution is -0.166. The number of nitrogens with one attached hydrogen (secondary N) is 2. The van der Waals surface area contributed by atoms with Gasteiger partial charge in [0.05, 0.1) is 6.42 Å². The van der Waals surface area contributed by atoms with Crippen molar-refractivity contribution in [1.29, 1.82) is 0 Å². The van der Waals surface area contributed by atoms with Gasteiger partial charge in [-0.15, -0.1) is 0 Å². The van der Waals surface area contributed by atoms with Gasteiger partial charge in [-0.1, -0.05) is 6.42 Å². The van der Waals surface area contributed by atoms with E-state index in [1.165, 1.54) is 0 Å². The van der Waals surface area contributed by atoms with Crippen molar-refractivity contribution in [2.24, 2.45) is 5.73 Å². The average molecular weight is 605 g/mol. The molecule has 0 heterocycles. The van der Waals surface area contributed by atoms with Crippen LogP contribution in [0, 0.1) is 0 Å². The van der Waals surface area contributed by atoms with Crippen LogP contribution in [-0.4, -0.2) is 111 Å². The molecule has 0 aliphatic rings. The van der Waals surface area contributed by atoms with Crippen LogP contribution in [0.25, 0.3) is 0 Å². The third kappa shape index (κ3) is 21.4. The Bertz CT molecular complexity index is 844. The fourth-order valence-electron chi connectivity index (χ4n) is 3.58. The lowest BCUT2D eigenvalue weighted by Gasteiger charge is -2.15. The quantitative estimate of drug-likeness (QED) is 0.0426. The normalized spacial score (nSPS) is 10.6. The minimum atomic E-state index is -1.13. The number of amides is 5. The number of rotatable bonds is 25. The van der Waals surface area contributed by atoms with Gasteiger partial charge in [-0.05, 0) is 51.5 Å².